The summed E-state index contributed by atoms with van der Waals surface area (Å²) in [5.74, 6) is -0.544. The van der Waals surface area contributed by atoms with Crippen molar-refractivity contribution in [1.29, 1.82) is 0 Å². The molecule has 1 aliphatic rings. The van der Waals surface area contributed by atoms with Crippen LogP contribution in [0.25, 0.3) is 22.2 Å². The van der Waals surface area contributed by atoms with Gasteiger partial charge in [-0.15, -0.1) is 0 Å². The largest absolute Gasteiger partial charge is 0.480 e. The number of anilines is 1. The maximum absolute atomic E-state index is 12.3. The minimum Gasteiger partial charge on any atom is -0.480 e. The Morgan fingerprint density at radius 1 is 1.30 bits per heavy atom. The normalized spacial score (nSPS) is 21.7. The van der Waals surface area contributed by atoms with Gasteiger partial charge in [0.2, 0.25) is 5.71 Å². The van der Waals surface area contributed by atoms with Crippen LogP contribution in [0.2, 0.25) is 0 Å². The molecule has 6 nitrogen and oxygen atoms in total. The van der Waals surface area contributed by atoms with Gasteiger partial charge in [-0.3, -0.25) is 0 Å². The highest BCUT2D eigenvalue weighted by Gasteiger charge is 2.44. The van der Waals surface area contributed by atoms with Gasteiger partial charge in [0, 0.05) is 27.7 Å². The molecule has 0 unspecified atom stereocenters. The fraction of sp³-hybridized carbons (Fsp3) is 0.286. The number of aliphatic carboxylic acids is 1. The SMILES string of the molecule is [2H]C([2H])([2H])c1ccccc1-c1cc(=O)oc2nc(N3CCC[C@@]3(C)C(=O)O)ccc12. The van der Waals surface area contributed by atoms with E-state index in [2.05, 4.69) is 4.98 Å². The van der Waals surface area contributed by atoms with Crippen LogP contribution in [-0.4, -0.2) is 28.1 Å². The molecule has 1 saturated heterocycles. The van der Waals surface area contributed by atoms with E-state index in [0.29, 0.717) is 41.7 Å². The molecule has 1 aliphatic heterocycles. The zero-order valence-electron chi connectivity index (χ0n) is 17.7. The molecule has 4 rings (SSSR count). The van der Waals surface area contributed by atoms with Gasteiger partial charge in [-0.1, -0.05) is 24.3 Å². The van der Waals surface area contributed by atoms with Crippen LogP contribution in [0, 0.1) is 6.85 Å². The molecule has 1 N–H and O–H groups in total. The summed E-state index contributed by atoms with van der Waals surface area (Å²) < 4.78 is 28.7. The van der Waals surface area contributed by atoms with E-state index in [-0.39, 0.29) is 11.3 Å². The molecule has 27 heavy (non-hydrogen) atoms. The van der Waals surface area contributed by atoms with Crippen LogP contribution >= 0.6 is 0 Å². The maximum Gasteiger partial charge on any atom is 0.338 e. The van der Waals surface area contributed by atoms with E-state index in [4.69, 9.17) is 8.53 Å². The average Bonchev–Trinajstić information content (AvgIpc) is 3.09. The number of hydrogen-bond donors (Lipinski definition) is 1. The van der Waals surface area contributed by atoms with E-state index in [9.17, 15) is 14.7 Å². The summed E-state index contributed by atoms with van der Waals surface area (Å²) in [6.07, 6.45) is 1.19. The summed E-state index contributed by atoms with van der Waals surface area (Å²) in [7, 11) is 0. The lowest BCUT2D eigenvalue weighted by molar-refractivity contribution is -0.142. The van der Waals surface area contributed by atoms with E-state index in [1.54, 1.807) is 42.2 Å². The van der Waals surface area contributed by atoms with Crippen LogP contribution in [0.15, 0.2) is 51.7 Å². The van der Waals surface area contributed by atoms with Crippen LogP contribution in [0.5, 0.6) is 0 Å². The molecular weight excluding hydrogens is 344 g/mol. The number of carbonyl (C=O) groups is 1. The van der Waals surface area contributed by atoms with E-state index in [1.165, 1.54) is 12.1 Å². The Kier molecular flexibility index (Phi) is 3.22. The van der Waals surface area contributed by atoms with Crippen LogP contribution in [0.4, 0.5) is 5.82 Å². The lowest BCUT2D eigenvalue weighted by Gasteiger charge is -2.32. The molecular formula is C21H20N2O4. The number of nitrogens with zero attached hydrogens (tertiary/aromatic N) is 2. The van der Waals surface area contributed by atoms with Crippen molar-refractivity contribution in [1.82, 2.24) is 4.98 Å². The lowest BCUT2D eigenvalue weighted by Crippen LogP contribution is -2.48. The molecule has 6 heteroatoms. The number of benzene rings is 1. The Morgan fingerprint density at radius 3 is 2.89 bits per heavy atom. The van der Waals surface area contributed by atoms with E-state index in [0.717, 1.165) is 0 Å². The van der Waals surface area contributed by atoms with Gasteiger partial charge in [-0.05, 0) is 49.9 Å². The highest BCUT2D eigenvalue weighted by molar-refractivity contribution is 5.93. The number of carboxylic acid groups (broad SMARTS) is 1. The first kappa shape index (κ1) is 14.0. The Morgan fingerprint density at radius 2 is 2.11 bits per heavy atom. The number of carboxylic acids is 1. The molecule has 0 aliphatic carbocycles. The Bertz CT molecular complexity index is 1200. The summed E-state index contributed by atoms with van der Waals surface area (Å²) in [6.45, 7) is -0.189. The van der Waals surface area contributed by atoms with Gasteiger partial charge in [0.1, 0.15) is 11.4 Å². The molecule has 1 aromatic carbocycles. The van der Waals surface area contributed by atoms with Crippen LogP contribution in [0.3, 0.4) is 0 Å². The highest BCUT2D eigenvalue weighted by atomic mass is 16.4. The molecule has 1 atom stereocenters. The summed E-state index contributed by atoms with van der Waals surface area (Å²) in [6, 6.07) is 11.1. The smallest absolute Gasteiger partial charge is 0.338 e. The predicted octanol–water partition coefficient (Wildman–Crippen LogP) is 3.61. The molecule has 0 radical (unpaired) electrons. The molecule has 0 spiro atoms. The molecule has 0 saturated carbocycles. The Labute approximate surface area is 160 Å². The fourth-order valence-electron chi connectivity index (χ4n) is 3.68. The molecule has 138 valence electrons. The van der Waals surface area contributed by atoms with Gasteiger partial charge in [0.15, 0.2) is 0 Å². The van der Waals surface area contributed by atoms with Gasteiger partial charge in [-0.25, -0.2) is 9.59 Å². The quantitative estimate of drug-likeness (QED) is 0.761. The van der Waals surface area contributed by atoms with Crippen LogP contribution in [0.1, 0.15) is 29.4 Å². The van der Waals surface area contributed by atoms with Crippen LogP contribution < -0.4 is 10.5 Å². The Hall–Kier alpha value is -3.15. The van der Waals surface area contributed by atoms with Crippen molar-refractivity contribution in [3.63, 3.8) is 0 Å². The van der Waals surface area contributed by atoms with Crippen molar-refractivity contribution >= 4 is 22.9 Å². The van der Waals surface area contributed by atoms with Crippen LogP contribution in [-0.2, 0) is 4.79 Å². The van der Waals surface area contributed by atoms with Crippen molar-refractivity contribution in [3.05, 3.63) is 58.4 Å². The number of aryl methyl sites for hydroxylation is 1. The van der Waals surface area contributed by atoms with Crippen molar-refractivity contribution in [2.24, 2.45) is 0 Å². The highest BCUT2D eigenvalue weighted by Crippen LogP contribution is 2.35. The third-order valence-electron chi connectivity index (χ3n) is 5.19. The number of fused-ring (bicyclic) bond motifs is 1. The Balaban J connectivity index is 1.91. The zero-order chi connectivity index (χ0) is 21.7. The minimum atomic E-state index is -2.36. The second-order valence-electron chi connectivity index (χ2n) is 6.88. The first-order valence-corrected chi connectivity index (χ1v) is 8.67. The van der Waals surface area contributed by atoms with Gasteiger partial charge in [0.05, 0.1) is 0 Å². The minimum absolute atomic E-state index is 0.0370. The van der Waals surface area contributed by atoms with Crippen molar-refractivity contribution in [2.75, 3.05) is 11.4 Å². The lowest BCUT2D eigenvalue weighted by atomic mass is 9.98. The van der Waals surface area contributed by atoms with Crippen molar-refractivity contribution in [2.45, 2.75) is 32.2 Å². The van der Waals surface area contributed by atoms with Crippen molar-refractivity contribution < 1.29 is 18.4 Å². The fourth-order valence-corrected chi connectivity index (χ4v) is 3.68. The number of aromatic nitrogens is 1. The van der Waals surface area contributed by atoms with Gasteiger partial charge in [0.25, 0.3) is 0 Å². The number of rotatable bonds is 3. The molecule has 0 amide bonds. The van der Waals surface area contributed by atoms with Gasteiger partial charge in [-0.2, -0.15) is 4.98 Å². The summed E-state index contributed by atoms with van der Waals surface area (Å²) in [5, 5.41) is 10.1. The van der Waals surface area contributed by atoms with E-state index < -0.39 is 24.0 Å². The zero-order valence-corrected chi connectivity index (χ0v) is 14.7. The predicted molar refractivity (Wildman–Crippen MR) is 103 cm³/mol. The molecule has 3 aromatic rings. The number of pyridine rings is 1. The number of hydrogen-bond acceptors (Lipinski definition) is 5. The third-order valence-corrected chi connectivity index (χ3v) is 5.19. The first-order chi connectivity index (χ1) is 14.1. The van der Waals surface area contributed by atoms with Gasteiger partial charge >= 0.3 is 11.6 Å². The van der Waals surface area contributed by atoms with Gasteiger partial charge < -0.3 is 14.4 Å². The van der Waals surface area contributed by atoms with Crippen molar-refractivity contribution in [3.8, 4) is 11.1 Å². The molecule has 2 aromatic heterocycles. The molecule has 0 bridgehead atoms. The molecule has 3 heterocycles. The summed E-state index contributed by atoms with van der Waals surface area (Å²) in [4.78, 5) is 30.2. The second kappa shape index (κ2) is 6.23. The monoisotopic (exact) mass is 367 g/mol. The van der Waals surface area contributed by atoms with E-state index >= 15 is 0 Å². The standard InChI is InChI=1S/C21H20N2O4/c1-13-6-3-4-7-14(13)16-12-18(24)27-19-15(16)8-9-17(22-19)23-11-5-10-21(23,2)20(25)26/h3-4,6-9,12H,5,10-11H2,1-2H3,(H,25,26)/t21-/m0/s1/i1D3. The van der Waals surface area contributed by atoms with E-state index in [1.807, 2.05) is 0 Å². The summed E-state index contributed by atoms with van der Waals surface area (Å²) in [5.41, 5.74) is -0.776. The summed E-state index contributed by atoms with van der Waals surface area (Å²) >= 11 is 0. The third kappa shape index (κ3) is 2.77. The second-order valence-corrected chi connectivity index (χ2v) is 6.88. The maximum atomic E-state index is 12.3. The first-order valence-electron chi connectivity index (χ1n) is 10.2. The average molecular weight is 367 g/mol. The molecule has 1 fully saturated rings. The topological polar surface area (TPSA) is 83.6 Å².